The summed E-state index contributed by atoms with van der Waals surface area (Å²) in [5.74, 6) is -3.17. The molecule has 0 amide bonds. The van der Waals surface area contributed by atoms with Crippen molar-refractivity contribution < 1.29 is 58.2 Å². The molecule has 0 aliphatic carbocycles. The molecule has 69 heavy (non-hydrogen) atoms. The van der Waals surface area contributed by atoms with Gasteiger partial charge in [0.05, 0.1) is 6.61 Å². The van der Waals surface area contributed by atoms with Gasteiger partial charge in [-0.1, -0.05) is 184 Å². The number of esters is 3. The predicted molar refractivity (Wildman–Crippen MR) is 275 cm³/mol. The average Bonchev–Trinajstić information content (AvgIpc) is 3.33. The summed E-state index contributed by atoms with van der Waals surface area (Å²) in [6.45, 7) is 5.68. The first-order valence-corrected chi connectivity index (χ1v) is 26.9. The van der Waals surface area contributed by atoms with Gasteiger partial charge in [-0.05, 0) is 83.5 Å². The second kappa shape index (κ2) is 45.3. The zero-order valence-electron chi connectivity index (χ0n) is 43.0. The minimum Gasteiger partial charge on any atom is -0.479 e. The standard InChI is InChI=1S/C57H94O12/c1-4-7-10-13-16-19-21-23-25-27-29-32-34-37-40-43-49(58)65-46-48(67-50(59)44-41-38-36-33-30-28-26-24-22-20-17-14-11-8-5-2)47-66-57-55(53(62)52(61)54(69-57)56(63)64)68-51(60)45-42-39-35-31-18-15-12-9-6-3/h7-8,10-11,16-17,19-20,23-26,48,52-55,57,61-62H,4-6,9,12-15,18,21-22,27-47H2,1-3H3,(H,63,64)/b10-7-,11-8-,19-16-,20-17-,25-23-,26-24-. The van der Waals surface area contributed by atoms with Crippen LogP contribution < -0.4 is 0 Å². The van der Waals surface area contributed by atoms with Gasteiger partial charge in [0.1, 0.15) is 18.8 Å². The summed E-state index contributed by atoms with van der Waals surface area (Å²) in [5.41, 5.74) is 0. The van der Waals surface area contributed by atoms with Gasteiger partial charge in [-0.3, -0.25) is 14.4 Å². The summed E-state index contributed by atoms with van der Waals surface area (Å²) in [5, 5.41) is 31.3. The number of unbranched alkanes of at least 4 members (excludes halogenated alkanes) is 18. The van der Waals surface area contributed by atoms with Crippen LogP contribution in [0.3, 0.4) is 0 Å². The third-order valence-corrected chi connectivity index (χ3v) is 11.8. The van der Waals surface area contributed by atoms with E-state index in [2.05, 4.69) is 93.7 Å². The topological polar surface area (TPSA) is 175 Å². The number of hydrogen-bond donors (Lipinski definition) is 3. The lowest BCUT2D eigenvalue weighted by molar-refractivity contribution is -0.301. The number of aliphatic hydroxyl groups excluding tert-OH is 2. The van der Waals surface area contributed by atoms with Gasteiger partial charge in [0.2, 0.25) is 0 Å². The number of ether oxygens (including phenoxy) is 5. The molecule has 1 heterocycles. The lowest BCUT2D eigenvalue weighted by atomic mass is 9.98. The van der Waals surface area contributed by atoms with Crippen LogP contribution in [-0.2, 0) is 42.9 Å². The number of hydrogen-bond acceptors (Lipinski definition) is 11. The van der Waals surface area contributed by atoms with Gasteiger partial charge >= 0.3 is 23.9 Å². The van der Waals surface area contributed by atoms with Crippen LogP contribution in [-0.4, -0.2) is 89.2 Å². The van der Waals surface area contributed by atoms with E-state index < -0.39 is 67.3 Å². The molecule has 6 atom stereocenters. The normalized spacial score (nSPS) is 19.2. The van der Waals surface area contributed by atoms with E-state index in [4.69, 9.17) is 23.7 Å². The zero-order valence-corrected chi connectivity index (χ0v) is 43.0. The molecule has 0 bridgehead atoms. The summed E-state index contributed by atoms with van der Waals surface area (Å²) in [6, 6.07) is 0. The van der Waals surface area contributed by atoms with Crippen molar-refractivity contribution in [3.63, 3.8) is 0 Å². The van der Waals surface area contributed by atoms with Crippen LogP contribution in [0, 0.1) is 0 Å². The van der Waals surface area contributed by atoms with E-state index in [1.165, 1.54) is 25.7 Å². The highest BCUT2D eigenvalue weighted by Crippen LogP contribution is 2.26. The van der Waals surface area contributed by atoms with Gasteiger partial charge in [-0.2, -0.15) is 0 Å². The van der Waals surface area contributed by atoms with E-state index in [0.29, 0.717) is 19.3 Å². The molecule has 6 unspecified atom stereocenters. The highest BCUT2D eigenvalue weighted by atomic mass is 16.7. The first kappa shape index (κ1) is 63.2. The smallest absolute Gasteiger partial charge is 0.335 e. The Hall–Kier alpha value is -3.84. The summed E-state index contributed by atoms with van der Waals surface area (Å²) in [4.78, 5) is 50.8. The molecule has 0 spiro atoms. The Labute approximate surface area is 417 Å². The fourth-order valence-corrected chi connectivity index (χ4v) is 7.69. The molecule has 0 radical (unpaired) electrons. The number of aliphatic carboxylic acids is 1. The predicted octanol–water partition coefficient (Wildman–Crippen LogP) is 13.0. The molecular weight excluding hydrogens is 877 g/mol. The molecule has 1 rings (SSSR count). The zero-order chi connectivity index (χ0) is 50.4. The molecule has 12 nitrogen and oxygen atoms in total. The maximum atomic E-state index is 13.1. The first-order valence-electron chi connectivity index (χ1n) is 26.9. The summed E-state index contributed by atoms with van der Waals surface area (Å²) < 4.78 is 28.3. The van der Waals surface area contributed by atoms with Crippen molar-refractivity contribution in [3.05, 3.63) is 72.9 Å². The van der Waals surface area contributed by atoms with Gasteiger partial charge in [-0.25, -0.2) is 4.79 Å². The third-order valence-electron chi connectivity index (χ3n) is 11.8. The Kier molecular flexibility index (Phi) is 41.5. The first-order chi connectivity index (χ1) is 33.6. The molecule has 0 aromatic carbocycles. The fraction of sp³-hybridized carbons (Fsp3) is 0.719. The van der Waals surface area contributed by atoms with Crippen LogP contribution in [0.1, 0.15) is 213 Å². The van der Waals surface area contributed by atoms with Gasteiger partial charge in [0, 0.05) is 19.3 Å². The van der Waals surface area contributed by atoms with Crippen molar-refractivity contribution in [2.45, 2.75) is 250 Å². The summed E-state index contributed by atoms with van der Waals surface area (Å²) in [7, 11) is 0. The molecule has 12 heteroatoms. The second-order valence-electron chi connectivity index (χ2n) is 18.1. The van der Waals surface area contributed by atoms with Gasteiger partial charge in [-0.15, -0.1) is 0 Å². The highest BCUT2D eigenvalue weighted by Gasteiger charge is 2.50. The lowest BCUT2D eigenvalue weighted by Gasteiger charge is -2.40. The Morgan fingerprint density at radius 1 is 0.493 bits per heavy atom. The Morgan fingerprint density at radius 3 is 1.39 bits per heavy atom. The Morgan fingerprint density at radius 2 is 0.913 bits per heavy atom. The maximum Gasteiger partial charge on any atom is 0.335 e. The molecule has 1 fully saturated rings. The number of aliphatic hydroxyl groups is 2. The molecule has 1 saturated heterocycles. The number of allylic oxidation sites excluding steroid dienone is 12. The Bertz CT molecular complexity index is 1480. The molecule has 0 saturated carbocycles. The molecule has 1 aliphatic heterocycles. The second-order valence-corrected chi connectivity index (χ2v) is 18.1. The Balaban J connectivity index is 2.74. The van der Waals surface area contributed by atoms with Crippen LogP contribution in [0.2, 0.25) is 0 Å². The molecule has 394 valence electrons. The summed E-state index contributed by atoms with van der Waals surface area (Å²) >= 11 is 0. The monoisotopic (exact) mass is 971 g/mol. The van der Waals surface area contributed by atoms with Crippen molar-refractivity contribution >= 4 is 23.9 Å². The molecule has 0 aromatic heterocycles. The van der Waals surface area contributed by atoms with Crippen molar-refractivity contribution in [3.8, 4) is 0 Å². The molecule has 0 aromatic rings. The van der Waals surface area contributed by atoms with Crippen LogP contribution in [0.25, 0.3) is 0 Å². The van der Waals surface area contributed by atoms with Gasteiger partial charge in [0.15, 0.2) is 24.6 Å². The van der Waals surface area contributed by atoms with Crippen molar-refractivity contribution in [2.75, 3.05) is 13.2 Å². The van der Waals surface area contributed by atoms with E-state index >= 15 is 0 Å². The highest BCUT2D eigenvalue weighted by molar-refractivity contribution is 5.74. The number of carbonyl (C=O) groups is 4. The maximum absolute atomic E-state index is 13.1. The van der Waals surface area contributed by atoms with Crippen molar-refractivity contribution in [1.82, 2.24) is 0 Å². The lowest BCUT2D eigenvalue weighted by Crippen LogP contribution is -2.61. The van der Waals surface area contributed by atoms with E-state index in [9.17, 15) is 34.5 Å². The molecular formula is C57H94O12. The molecule has 3 N–H and O–H groups in total. The summed E-state index contributed by atoms with van der Waals surface area (Å²) in [6.07, 6.45) is 43.3. The number of carboxylic acids is 1. The fourth-order valence-electron chi connectivity index (χ4n) is 7.69. The number of carboxylic acid groups (broad SMARTS) is 1. The van der Waals surface area contributed by atoms with Crippen LogP contribution >= 0.6 is 0 Å². The van der Waals surface area contributed by atoms with Crippen LogP contribution in [0.5, 0.6) is 0 Å². The van der Waals surface area contributed by atoms with Crippen LogP contribution in [0.15, 0.2) is 72.9 Å². The van der Waals surface area contributed by atoms with E-state index in [-0.39, 0.29) is 25.9 Å². The van der Waals surface area contributed by atoms with Crippen LogP contribution in [0.4, 0.5) is 0 Å². The van der Waals surface area contributed by atoms with Crippen molar-refractivity contribution in [1.29, 1.82) is 0 Å². The quantitative estimate of drug-likeness (QED) is 0.0228. The van der Waals surface area contributed by atoms with E-state index in [1.54, 1.807) is 0 Å². The molecule has 1 aliphatic rings. The SMILES string of the molecule is CC/C=C\C/C=C\C/C=C\CCCCCCCC(=O)OCC(COC1OC(C(=O)O)C(O)C(O)C1OC(=O)CCCCCCCCCCC)OC(=O)CCCCCCC/C=C\C/C=C\C/C=C\CC. The number of rotatable bonds is 44. The van der Waals surface area contributed by atoms with Crippen molar-refractivity contribution in [2.24, 2.45) is 0 Å². The minimum atomic E-state index is -1.91. The largest absolute Gasteiger partial charge is 0.479 e. The van der Waals surface area contributed by atoms with E-state index in [0.717, 1.165) is 128 Å². The third kappa shape index (κ3) is 35.8. The van der Waals surface area contributed by atoms with Gasteiger partial charge in [0.25, 0.3) is 0 Å². The van der Waals surface area contributed by atoms with Gasteiger partial charge < -0.3 is 39.0 Å². The number of carbonyl (C=O) groups excluding carboxylic acids is 3. The minimum absolute atomic E-state index is 0.0556. The average molecular weight is 971 g/mol. The van der Waals surface area contributed by atoms with E-state index in [1.807, 2.05) is 0 Å².